The number of benzene rings is 1. The number of hydrogen-bond acceptors (Lipinski definition) is 2. The van der Waals surface area contributed by atoms with Crippen LogP contribution in [0.5, 0.6) is 0 Å². The van der Waals surface area contributed by atoms with E-state index in [1.807, 2.05) is 18.2 Å². The molecule has 1 aliphatic heterocycles. The van der Waals surface area contributed by atoms with E-state index < -0.39 is 0 Å². The Morgan fingerprint density at radius 1 is 1.29 bits per heavy atom. The first-order chi connectivity index (χ1) is 6.77. The van der Waals surface area contributed by atoms with Crippen LogP contribution in [0.4, 0.5) is 0 Å². The Kier molecular flexibility index (Phi) is 2.50. The summed E-state index contributed by atoms with van der Waals surface area (Å²) in [7, 11) is 0. The van der Waals surface area contributed by atoms with Gasteiger partial charge in [-0.3, -0.25) is 10.1 Å². The van der Waals surface area contributed by atoms with Gasteiger partial charge in [0.05, 0.1) is 6.04 Å². The van der Waals surface area contributed by atoms with Gasteiger partial charge in [-0.05, 0) is 18.4 Å². The Bertz CT molecular complexity index is 323. The highest BCUT2D eigenvalue weighted by molar-refractivity contribution is 5.80. The molecule has 3 N–H and O–H groups in total. The number of rotatable bonds is 2. The zero-order valence-electron chi connectivity index (χ0n) is 7.94. The van der Waals surface area contributed by atoms with E-state index in [4.69, 9.17) is 5.73 Å². The Morgan fingerprint density at radius 3 is 2.57 bits per heavy atom. The fourth-order valence-corrected chi connectivity index (χ4v) is 1.92. The molecule has 3 nitrogen and oxygen atoms in total. The van der Waals surface area contributed by atoms with Crippen molar-refractivity contribution < 1.29 is 4.79 Å². The first-order valence-electron chi connectivity index (χ1n) is 4.87. The molecular formula is C11H14N2O. The molecule has 0 radical (unpaired) electrons. The zero-order valence-corrected chi connectivity index (χ0v) is 7.94. The number of hydrogen-bond donors (Lipinski definition) is 2. The molecular weight excluding hydrogens is 176 g/mol. The Hall–Kier alpha value is -1.35. The second-order valence-electron chi connectivity index (χ2n) is 3.66. The summed E-state index contributed by atoms with van der Waals surface area (Å²) in [6, 6.07) is 10.3. The maximum Gasteiger partial charge on any atom is 0.234 e. The molecule has 14 heavy (non-hydrogen) atoms. The molecule has 74 valence electrons. The van der Waals surface area contributed by atoms with Crippen LogP contribution in [-0.2, 0) is 4.79 Å². The molecule has 0 saturated carbocycles. The van der Waals surface area contributed by atoms with Gasteiger partial charge in [-0.1, -0.05) is 30.3 Å². The SMILES string of the molecule is NC(=O)[C@@H]1CC[C@@H](c2ccccc2)N1. The van der Waals surface area contributed by atoms with E-state index in [1.165, 1.54) is 5.56 Å². The van der Waals surface area contributed by atoms with Gasteiger partial charge in [-0.25, -0.2) is 0 Å². The van der Waals surface area contributed by atoms with E-state index in [2.05, 4.69) is 17.4 Å². The molecule has 2 rings (SSSR count). The van der Waals surface area contributed by atoms with Crippen LogP contribution in [-0.4, -0.2) is 11.9 Å². The summed E-state index contributed by atoms with van der Waals surface area (Å²) in [5, 5.41) is 3.23. The van der Waals surface area contributed by atoms with Gasteiger partial charge < -0.3 is 5.73 Å². The minimum atomic E-state index is -0.247. The summed E-state index contributed by atoms with van der Waals surface area (Å²) < 4.78 is 0. The predicted octanol–water partition coefficient (Wildman–Crippen LogP) is 0.965. The van der Waals surface area contributed by atoms with Gasteiger partial charge in [0, 0.05) is 6.04 Å². The van der Waals surface area contributed by atoms with Crippen molar-refractivity contribution in [3.8, 4) is 0 Å². The van der Waals surface area contributed by atoms with Gasteiger partial charge in [0.15, 0.2) is 0 Å². The standard InChI is InChI=1S/C11H14N2O/c12-11(14)10-7-6-9(13-10)8-4-2-1-3-5-8/h1-5,9-10,13H,6-7H2,(H2,12,14)/t9-,10-/m0/s1. The molecule has 0 bridgehead atoms. The monoisotopic (exact) mass is 190 g/mol. The molecule has 2 atom stereocenters. The lowest BCUT2D eigenvalue weighted by Crippen LogP contribution is -2.37. The van der Waals surface area contributed by atoms with E-state index in [0.717, 1.165) is 12.8 Å². The van der Waals surface area contributed by atoms with Crippen molar-refractivity contribution in [2.75, 3.05) is 0 Å². The fourth-order valence-electron chi connectivity index (χ4n) is 1.92. The van der Waals surface area contributed by atoms with Crippen LogP contribution in [0.15, 0.2) is 30.3 Å². The summed E-state index contributed by atoms with van der Waals surface area (Å²) in [5.41, 5.74) is 6.47. The molecule has 1 aromatic rings. The third-order valence-electron chi connectivity index (χ3n) is 2.69. The fraction of sp³-hybridized carbons (Fsp3) is 0.364. The molecule has 0 unspecified atom stereocenters. The summed E-state index contributed by atoms with van der Waals surface area (Å²) in [6.07, 6.45) is 1.83. The first-order valence-corrected chi connectivity index (χ1v) is 4.87. The van der Waals surface area contributed by atoms with Gasteiger partial charge in [0.2, 0.25) is 5.91 Å². The topological polar surface area (TPSA) is 55.1 Å². The van der Waals surface area contributed by atoms with Crippen LogP contribution in [0.1, 0.15) is 24.4 Å². The second-order valence-corrected chi connectivity index (χ2v) is 3.66. The van der Waals surface area contributed by atoms with Gasteiger partial charge in [0.25, 0.3) is 0 Å². The summed E-state index contributed by atoms with van der Waals surface area (Å²) in [4.78, 5) is 10.9. The number of amides is 1. The number of primary amides is 1. The zero-order chi connectivity index (χ0) is 9.97. The largest absolute Gasteiger partial charge is 0.368 e. The highest BCUT2D eigenvalue weighted by Crippen LogP contribution is 2.25. The minimum Gasteiger partial charge on any atom is -0.368 e. The molecule has 3 heteroatoms. The van der Waals surface area contributed by atoms with Crippen molar-refractivity contribution in [3.05, 3.63) is 35.9 Å². The second kappa shape index (κ2) is 3.80. The van der Waals surface area contributed by atoms with E-state index in [-0.39, 0.29) is 18.0 Å². The molecule has 1 aliphatic rings. The van der Waals surface area contributed by atoms with Crippen LogP contribution >= 0.6 is 0 Å². The average molecular weight is 190 g/mol. The minimum absolute atomic E-state index is 0.153. The van der Waals surface area contributed by atoms with Gasteiger partial charge >= 0.3 is 0 Å². The average Bonchev–Trinajstić information content (AvgIpc) is 2.68. The highest BCUT2D eigenvalue weighted by atomic mass is 16.1. The van der Waals surface area contributed by atoms with Gasteiger partial charge in [0.1, 0.15) is 0 Å². The molecule has 1 amide bonds. The van der Waals surface area contributed by atoms with Crippen molar-refractivity contribution >= 4 is 5.91 Å². The third-order valence-corrected chi connectivity index (χ3v) is 2.69. The quantitative estimate of drug-likeness (QED) is 0.730. The van der Waals surface area contributed by atoms with E-state index >= 15 is 0 Å². The van der Waals surface area contributed by atoms with Crippen molar-refractivity contribution in [2.45, 2.75) is 24.9 Å². The number of carbonyl (C=O) groups excluding carboxylic acids is 1. The third kappa shape index (κ3) is 1.77. The predicted molar refractivity (Wildman–Crippen MR) is 54.5 cm³/mol. The van der Waals surface area contributed by atoms with Crippen molar-refractivity contribution in [3.63, 3.8) is 0 Å². The number of nitrogens with one attached hydrogen (secondary N) is 1. The highest BCUT2D eigenvalue weighted by Gasteiger charge is 2.27. The molecule has 0 spiro atoms. The Labute approximate surface area is 83.3 Å². The number of carbonyl (C=O) groups is 1. The lowest BCUT2D eigenvalue weighted by atomic mass is 10.1. The van der Waals surface area contributed by atoms with Crippen LogP contribution in [0, 0.1) is 0 Å². The van der Waals surface area contributed by atoms with Crippen molar-refractivity contribution in [1.82, 2.24) is 5.32 Å². The van der Waals surface area contributed by atoms with Crippen LogP contribution in [0.25, 0.3) is 0 Å². The van der Waals surface area contributed by atoms with Crippen LogP contribution in [0.2, 0.25) is 0 Å². The Balaban J connectivity index is 2.06. The molecule has 0 aliphatic carbocycles. The van der Waals surface area contributed by atoms with E-state index in [9.17, 15) is 4.79 Å². The van der Waals surface area contributed by atoms with E-state index in [0.29, 0.717) is 0 Å². The first kappa shape index (κ1) is 9.21. The van der Waals surface area contributed by atoms with Crippen LogP contribution < -0.4 is 11.1 Å². The summed E-state index contributed by atoms with van der Waals surface area (Å²) in [6.45, 7) is 0. The molecule has 1 aromatic carbocycles. The molecule has 1 fully saturated rings. The van der Waals surface area contributed by atoms with Gasteiger partial charge in [-0.15, -0.1) is 0 Å². The van der Waals surface area contributed by atoms with Crippen molar-refractivity contribution in [1.29, 1.82) is 0 Å². The maximum atomic E-state index is 10.9. The Morgan fingerprint density at radius 2 is 2.00 bits per heavy atom. The maximum absolute atomic E-state index is 10.9. The smallest absolute Gasteiger partial charge is 0.234 e. The number of nitrogens with two attached hydrogens (primary N) is 1. The van der Waals surface area contributed by atoms with Crippen molar-refractivity contribution in [2.24, 2.45) is 5.73 Å². The lowest BCUT2D eigenvalue weighted by Gasteiger charge is -2.12. The summed E-state index contributed by atoms with van der Waals surface area (Å²) in [5.74, 6) is -0.247. The van der Waals surface area contributed by atoms with Crippen LogP contribution in [0.3, 0.4) is 0 Å². The van der Waals surface area contributed by atoms with Gasteiger partial charge in [-0.2, -0.15) is 0 Å². The normalized spacial score (nSPS) is 26.3. The molecule has 0 aromatic heterocycles. The lowest BCUT2D eigenvalue weighted by molar-refractivity contribution is -0.119. The molecule has 1 heterocycles. The van der Waals surface area contributed by atoms with E-state index in [1.54, 1.807) is 0 Å². The summed E-state index contributed by atoms with van der Waals surface area (Å²) >= 11 is 0. The molecule has 1 saturated heterocycles.